The first kappa shape index (κ1) is 43.7. The van der Waals surface area contributed by atoms with Crippen molar-refractivity contribution in [2.75, 3.05) is 26.7 Å². The number of carboxylic acids is 2. The maximum absolute atomic E-state index is 14.9. The monoisotopic (exact) mass is 665 g/mol. The zero-order valence-corrected chi connectivity index (χ0v) is 29.9. The Morgan fingerprint density at radius 2 is 1.35 bits per heavy atom. The number of hydrogen-bond donors (Lipinski definition) is 2. The molecule has 8 heteroatoms. The molecule has 0 radical (unpaired) electrons. The number of carbonyl (C=O) groups is 3. The standard InChI is InChI=1S/C36H52FNO2.C4H4O4/c1-9-24-38(8)25-10-11-26-40-35-23-22-33(27-34(35)37)36(39)32(20-18-30(6)16-12-14-28(2)3)21-19-31(7)17-13-15-29(4)5;5-3(6)1-2-4(7)8/h9-11,14-15,18-19,22-23,27,32H,1,12-13,16-17,20-21,24-26H2,2-8H3;1-2H,(H,5,6)(H,7,8)/b11-10+,30-18+,31-19+;2-1+. The second kappa shape index (κ2) is 25.7. The van der Waals surface area contributed by atoms with Gasteiger partial charge in [0.25, 0.3) is 0 Å². The fourth-order valence-electron chi connectivity index (χ4n) is 4.28. The van der Waals surface area contributed by atoms with E-state index in [1.54, 1.807) is 12.1 Å². The molecular weight excluding hydrogens is 609 g/mol. The Kier molecular flexibility index (Phi) is 23.4. The van der Waals surface area contributed by atoms with Gasteiger partial charge in [-0.25, -0.2) is 14.0 Å². The molecule has 1 rings (SSSR count). The SMILES string of the molecule is C=CCN(C)C/C=C/COc1ccc(C(=O)C(C/C=C(\C)CCC=C(C)C)C/C=C(\C)CCC=C(C)C)cc1F.O=C(O)/C=C/C(=O)O. The minimum atomic E-state index is -1.26. The fourth-order valence-corrected chi connectivity index (χ4v) is 4.28. The summed E-state index contributed by atoms with van der Waals surface area (Å²) in [5.74, 6) is -3.14. The summed E-state index contributed by atoms with van der Waals surface area (Å²) >= 11 is 0. The molecule has 2 N–H and O–H groups in total. The molecule has 0 aliphatic carbocycles. The van der Waals surface area contributed by atoms with E-state index in [-0.39, 0.29) is 24.1 Å². The molecule has 0 aliphatic heterocycles. The Labute approximate surface area is 287 Å². The molecule has 0 fully saturated rings. The van der Waals surface area contributed by atoms with Gasteiger partial charge in [0.15, 0.2) is 17.3 Å². The van der Waals surface area contributed by atoms with Crippen molar-refractivity contribution in [3.63, 3.8) is 0 Å². The maximum atomic E-state index is 14.9. The van der Waals surface area contributed by atoms with Gasteiger partial charge >= 0.3 is 11.9 Å². The summed E-state index contributed by atoms with van der Waals surface area (Å²) in [7, 11) is 2.00. The van der Waals surface area contributed by atoms with E-state index in [2.05, 4.69) is 77.3 Å². The Bertz CT molecular complexity index is 1300. The number of benzene rings is 1. The number of hydrogen-bond acceptors (Lipinski definition) is 5. The predicted molar refractivity (Wildman–Crippen MR) is 195 cm³/mol. The van der Waals surface area contributed by atoms with E-state index in [1.165, 1.54) is 28.4 Å². The lowest BCUT2D eigenvalue weighted by Gasteiger charge is -2.15. The van der Waals surface area contributed by atoms with Crippen molar-refractivity contribution >= 4 is 17.7 Å². The third-order valence-electron chi connectivity index (χ3n) is 7.00. The lowest BCUT2D eigenvalue weighted by atomic mass is 9.89. The van der Waals surface area contributed by atoms with E-state index in [9.17, 15) is 18.8 Å². The van der Waals surface area contributed by atoms with Crippen LogP contribution in [0.3, 0.4) is 0 Å². The number of allylic oxidation sites excluding steroid dienone is 8. The van der Waals surface area contributed by atoms with Gasteiger partial charge in [-0.3, -0.25) is 9.69 Å². The first-order chi connectivity index (χ1) is 22.7. The van der Waals surface area contributed by atoms with Crippen molar-refractivity contribution < 1.29 is 33.7 Å². The highest BCUT2D eigenvalue weighted by atomic mass is 19.1. The molecule has 0 spiro atoms. The maximum Gasteiger partial charge on any atom is 0.328 e. The van der Waals surface area contributed by atoms with Crippen molar-refractivity contribution in [2.45, 2.75) is 80.1 Å². The molecule has 1 aromatic carbocycles. The number of nitrogens with zero attached hydrogens (tertiary/aromatic N) is 1. The molecule has 0 saturated heterocycles. The summed E-state index contributed by atoms with van der Waals surface area (Å²) in [5.41, 5.74) is 5.58. The summed E-state index contributed by atoms with van der Waals surface area (Å²) in [6, 6.07) is 4.58. The highest BCUT2D eigenvalue weighted by molar-refractivity contribution is 5.98. The number of carbonyl (C=O) groups excluding carboxylic acids is 1. The van der Waals surface area contributed by atoms with Crippen LogP contribution in [-0.2, 0) is 9.59 Å². The molecule has 0 unspecified atom stereocenters. The van der Waals surface area contributed by atoms with Gasteiger partial charge in [-0.2, -0.15) is 0 Å². The lowest BCUT2D eigenvalue weighted by Crippen LogP contribution is -2.17. The number of carboxylic acid groups (broad SMARTS) is 2. The minimum absolute atomic E-state index is 0.0303. The summed E-state index contributed by atoms with van der Waals surface area (Å²) < 4.78 is 20.5. The fraction of sp³-hybridized carbons (Fsp3) is 0.425. The van der Waals surface area contributed by atoms with Crippen molar-refractivity contribution in [2.24, 2.45) is 5.92 Å². The second-order valence-corrected chi connectivity index (χ2v) is 12.2. The van der Waals surface area contributed by atoms with Gasteiger partial charge in [0.1, 0.15) is 6.61 Å². The van der Waals surface area contributed by atoms with Crippen LogP contribution < -0.4 is 4.74 Å². The summed E-state index contributed by atoms with van der Waals surface area (Å²) in [6.07, 6.45) is 20.9. The van der Waals surface area contributed by atoms with Crippen LogP contribution in [-0.4, -0.2) is 59.6 Å². The smallest absolute Gasteiger partial charge is 0.328 e. The Morgan fingerprint density at radius 1 is 0.833 bits per heavy atom. The van der Waals surface area contributed by atoms with Gasteiger partial charge in [0, 0.05) is 36.7 Å². The first-order valence-corrected chi connectivity index (χ1v) is 16.3. The topological polar surface area (TPSA) is 104 Å². The van der Waals surface area contributed by atoms with E-state index in [0.29, 0.717) is 30.6 Å². The highest BCUT2D eigenvalue weighted by Gasteiger charge is 2.20. The van der Waals surface area contributed by atoms with Crippen molar-refractivity contribution in [3.8, 4) is 5.75 Å². The van der Waals surface area contributed by atoms with Gasteiger partial charge in [0.05, 0.1) is 0 Å². The van der Waals surface area contributed by atoms with Crippen LogP contribution in [0.2, 0.25) is 0 Å². The lowest BCUT2D eigenvalue weighted by molar-refractivity contribution is -0.134. The number of likely N-dealkylation sites (N-methyl/N-ethyl adjacent to an activating group) is 1. The van der Waals surface area contributed by atoms with Gasteiger partial charge < -0.3 is 14.9 Å². The minimum Gasteiger partial charge on any atom is -0.486 e. The predicted octanol–water partition coefficient (Wildman–Crippen LogP) is 9.55. The number of ether oxygens (including phenoxy) is 1. The molecule has 0 aliphatic rings. The van der Waals surface area contributed by atoms with Gasteiger partial charge in [-0.05, 0) is 105 Å². The first-order valence-electron chi connectivity index (χ1n) is 16.3. The van der Waals surface area contributed by atoms with Crippen LogP contribution in [0.25, 0.3) is 0 Å². The third kappa shape index (κ3) is 23.1. The molecular formula is C40H56FNO6. The summed E-state index contributed by atoms with van der Waals surface area (Å²) in [6.45, 7) is 18.2. The second-order valence-electron chi connectivity index (χ2n) is 12.2. The van der Waals surface area contributed by atoms with Gasteiger partial charge in [0.2, 0.25) is 0 Å². The quantitative estimate of drug-likeness (QED) is 0.0766. The Morgan fingerprint density at radius 3 is 1.79 bits per heavy atom. The molecule has 264 valence electrons. The normalized spacial score (nSPS) is 11.8. The van der Waals surface area contributed by atoms with E-state index < -0.39 is 17.8 Å². The van der Waals surface area contributed by atoms with Crippen molar-refractivity contribution in [3.05, 3.63) is 113 Å². The Balaban J connectivity index is 0.00000243. The average molecular weight is 666 g/mol. The molecule has 48 heavy (non-hydrogen) atoms. The number of Topliss-reactive ketones (excluding diaryl/α,β-unsaturated/α-hetero) is 1. The summed E-state index contributed by atoms with van der Waals surface area (Å²) in [5, 5.41) is 15.6. The molecule has 0 aromatic heterocycles. The zero-order chi connectivity index (χ0) is 36.5. The van der Waals surface area contributed by atoms with Crippen LogP contribution in [0.5, 0.6) is 5.75 Å². The molecule has 0 saturated carbocycles. The number of rotatable bonds is 21. The molecule has 1 aromatic rings. The Hall–Kier alpha value is -4.30. The van der Waals surface area contributed by atoms with E-state index >= 15 is 0 Å². The molecule has 0 amide bonds. The van der Waals surface area contributed by atoms with E-state index in [4.69, 9.17) is 14.9 Å². The molecule has 7 nitrogen and oxygen atoms in total. The number of halogens is 1. The summed E-state index contributed by atoms with van der Waals surface area (Å²) in [4.78, 5) is 34.8. The van der Waals surface area contributed by atoms with Crippen LogP contribution >= 0.6 is 0 Å². The van der Waals surface area contributed by atoms with E-state index in [0.717, 1.165) is 38.8 Å². The van der Waals surface area contributed by atoms with Crippen LogP contribution in [0.1, 0.15) is 90.4 Å². The van der Waals surface area contributed by atoms with Gasteiger partial charge in [-0.15, -0.1) is 6.58 Å². The molecule has 0 heterocycles. The number of ketones is 1. The number of aliphatic carboxylic acids is 2. The van der Waals surface area contributed by atoms with Crippen molar-refractivity contribution in [1.82, 2.24) is 4.90 Å². The zero-order valence-electron chi connectivity index (χ0n) is 29.9. The van der Waals surface area contributed by atoms with E-state index in [1.807, 2.05) is 25.3 Å². The average Bonchev–Trinajstić information content (AvgIpc) is 3.00. The molecule has 0 bridgehead atoms. The van der Waals surface area contributed by atoms with Crippen LogP contribution in [0, 0.1) is 11.7 Å². The van der Waals surface area contributed by atoms with Crippen LogP contribution in [0.4, 0.5) is 4.39 Å². The van der Waals surface area contributed by atoms with Gasteiger partial charge in [-0.1, -0.05) is 64.8 Å². The third-order valence-corrected chi connectivity index (χ3v) is 7.00. The molecule has 0 atom stereocenters. The van der Waals surface area contributed by atoms with Crippen molar-refractivity contribution in [1.29, 1.82) is 0 Å². The van der Waals surface area contributed by atoms with Crippen LogP contribution in [0.15, 0.2) is 102 Å². The largest absolute Gasteiger partial charge is 0.486 e. The highest BCUT2D eigenvalue weighted by Crippen LogP contribution is 2.25.